The summed E-state index contributed by atoms with van der Waals surface area (Å²) in [5, 5.41) is 0.0685. The van der Waals surface area contributed by atoms with E-state index in [-0.39, 0.29) is 5.35 Å². The van der Waals surface area contributed by atoms with E-state index in [1.54, 1.807) is 0 Å². The van der Waals surface area contributed by atoms with Crippen molar-refractivity contribution in [3.63, 3.8) is 0 Å². The fourth-order valence-electron chi connectivity index (χ4n) is 1.36. The van der Waals surface area contributed by atoms with Crippen molar-refractivity contribution in [2.45, 2.75) is 25.2 Å². The molecule has 0 unspecified atom stereocenters. The third kappa shape index (κ3) is 1.14. The number of halogens is 1. The summed E-state index contributed by atoms with van der Waals surface area (Å²) in [5.74, 6) is 1.03. The van der Waals surface area contributed by atoms with Gasteiger partial charge in [-0.15, -0.1) is 0 Å². The molecule has 0 atom stereocenters. The van der Waals surface area contributed by atoms with Crippen LogP contribution in [0.1, 0.15) is 41.4 Å². The summed E-state index contributed by atoms with van der Waals surface area (Å²) in [6, 6.07) is 0. The Bertz CT molecular complexity index is 304. The van der Waals surface area contributed by atoms with E-state index >= 15 is 0 Å². The highest BCUT2D eigenvalue weighted by Gasteiger charge is 2.26. The van der Waals surface area contributed by atoms with Crippen molar-refractivity contribution in [2.24, 2.45) is 0 Å². The Balaban J connectivity index is 2.33. The minimum atomic E-state index is 0.0685. The highest BCUT2D eigenvalue weighted by molar-refractivity contribution is 6.27. The largest absolute Gasteiger partial charge is 0.432 e. The van der Waals surface area contributed by atoms with E-state index in [2.05, 4.69) is 4.98 Å². The summed E-state index contributed by atoms with van der Waals surface area (Å²) < 4.78 is 5.13. The number of rotatable bonds is 2. The van der Waals surface area contributed by atoms with E-state index in [4.69, 9.17) is 16.0 Å². The molecule has 1 saturated carbocycles. The van der Waals surface area contributed by atoms with Crippen LogP contribution in [0.3, 0.4) is 0 Å². The molecule has 1 aromatic rings. The lowest BCUT2D eigenvalue weighted by Crippen LogP contribution is -2.09. The second-order valence-corrected chi connectivity index (χ2v) is 3.29. The average Bonchev–Trinajstić information content (AvgIpc) is 2.27. The fourth-order valence-corrected chi connectivity index (χ4v) is 1.54. The first kappa shape index (κ1) is 7.80. The molecule has 0 saturated heterocycles. The maximum absolute atomic E-state index is 10.5. The van der Waals surface area contributed by atoms with Crippen molar-refractivity contribution in [3.05, 3.63) is 16.8 Å². The van der Waals surface area contributed by atoms with Gasteiger partial charge in [-0.05, 0) is 24.4 Å². The van der Waals surface area contributed by atoms with E-state index in [0.29, 0.717) is 23.7 Å². The number of hydrogen-bond acceptors (Lipinski definition) is 3. The zero-order valence-corrected chi connectivity index (χ0v) is 7.17. The lowest BCUT2D eigenvalue weighted by molar-refractivity contribution is 0.111. The van der Waals surface area contributed by atoms with Gasteiger partial charge in [-0.25, -0.2) is 0 Å². The van der Waals surface area contributed by atoms with Crippen molar-refractivity contribution < 1.29 is 9.21 Å². The summed E-state index contributed by atoms with van der Waals surface area (Å²) in [4.78, 5) is 14.3. The Labute approximate surface area is 74.7 Å². The molecule has 0 radical (unpaired) electrons. The number of aldehydes is 1. The van der Waals surface area contributed by atoms with E-state index < -0.39 is 0 Å². The van der Waals surface area contributed by atoms with Gasteiger partial charge in [0.2, 0.25) is 0 Å². The highest BCUT2D eigenvalue weighted by atomic mass is 35.5. The van der Waals surface area contributed by atoms with Crippen LogP contribution in [0.5, 0.6) is 0 Å². The lowest BCUT2D eigenvalue weighted by atomic mass is 9.83. The van der Waals surface area contributed by atoms with Gasteiger partial charge in [0.1, 0.15) is 11.5 Å². The molecule has 12 heavy (non-hydrogen) atoms. The van der Waals surface area contributed by atoms with Crippen LogP contribution >= 0.6 is 11.6 Å². The summed E-state index contributed by atoms with van der Waals surface area (Å²) in [7, 11) is 0. The van der Waals surface area contributed by atoms with Crippen molar-refractivity contribution in [2.75, 3.05) is 0 Å². The van der Waals surface area contributed by atoms with Crippen LogP contribution < -0.4 is 0 Å². The van der Waals surface area contributed by atoms with Crippen LogP contribution in [0.4, 0.5) is 0 Å². The number of oxazole rings is 1. The molecule has 0 aromatic carbocycles. The van der Waals surface area contributed by atoms with Crippen molar-refractivity contribution in [3.8, 4) is 0 Å². The van der Waals surface area contributed by atoms with Crippen LogP contribution in [0.25, 0.3) is 0 Å². The third-order valence-corrected chi connectivity index (χ3v) is 2.40. The van der Waals surface area contributed by atoms with Gasteiger partial charge in [-0.3, -0.25) is 4.79 Å². The van der Waals surface area contributed by atoms with Crippen molar-refractivity contribution in [1.29, 1.82) is 0 Å². The predicted octanol–water partition coefficient (Wildman–Crippen LogP) is 2.41. The van der Waals surface area contributed by atoms with E-state index in [1.165, 1.54) is 6.42 Å². The van der Waals surface area contributed by atoms with Gasteiger partial charge in [0, 0.05) is 5.92 Å². The Hall–Kier alpha value is -0.830. The molecule has 1 heterocycles. The van der Waals surface area contributed by atoms with Gasteiger partial charge < -0.3 is 4.42 Å². The van der Waals surface area contributed by atoms with Crippen LogP contribution in [0.2, 0.25) is 5.35 Å². The number of carbonyl (C=O) groups excluding carboxylic acids is 1. The molecule has 1 fully saturated rings. The Kier molecular flexibility index (Phi) is 1.89. The second-order valence-electron chi connectivity index (χ2n) is 2.96. The van der Waals surface area contributed by atoms with Crippen LogP contribution in [-0.2, 0) is 0 Å². The van der Waals surface area contributed by atoms with Gasteiger partial charge in [0.05, 0.1) is 0 Å². The van der Waals surface area contributed by atoms with Gasteiger partial charge in [-0.1, -0.05) is 6.42 Å². The number of aromatic nitrogens is 1. The van der Waals surface area contributed by atoms with Crippen molar-refractivity contribution in [1.82, 2.24) is 4.98 Å². The Morgan fingerprint density at radius 2 is 2.33 bits per heavy atom. The highest BCUT2D eigenvalue weighted by Crippen LogP contribution is 2.38. The average molecular weight is 186 g/mol. The lowest BCUT2D eigenvalue weighted by Gasteiger charge is -2.22. The molecule has 1 aliphatic carbocycles. The van der Waals surface area contributed by atoms with Crippen LogP contribution in [0, 0.1) is 0 Å². The molecule has 0 N–H and O–H groups in total. The quantitative estimate of drug-likeness (QED) is 0.665. The van der Waals surface area contributed by atoms with Gasteiger partial charge >= 0.3 is 0 Å². The van der Waals surface area contributed by atoms with Crippen molar-refractivity contribution >= 4 is 17.9 Å². The zero-order chi connectivity index (χ0) is 8.55. The van der Waals surface area contributed by atoms with Gasteiger partial charge in [0.15, 0.2) is 6.29 Å². The number of hydrogen-bond donors (Lipinski definition) is 0. The number of nitrogens with zero attached hydrogens (tertiary/aromatic N) is 1. The second kappa shape index (κ2) is 2.90. The van der Waals surface area contributed by atoms with Gasteiger partial charge in [0.25, 0.3) is 5.35 Å². The minimum Gasteiger partial charge on any atom is -0.432 e. The molecular weight excluding hydrogens is 178 g/mol. The molecule has 3 nitrogen and oxygen atoms in total. The molecular formula is C8H8ClNO2. The standard InChI is InChI=1S/C8H8ClNO2/c9-8-10-6(4-11)7(12-8)5-2-1-3-5/h4-5H,1-3H2. The normalized spacial score (nSPS) is 17.4. The first-order chi connectivity index (χ1) is 5.81. The fraction of sp³-hybridized carbons (Fsp3) is 0.500. The number of carbonyl (C=O) groups is 1. The minimum absolute atomic E-state index is 0.0685. The Morgan fingerprint density at radius 3 is 2.83 bits per heavy atom. The van der Waals surface area contributed by atoms with E-state index in [1.807, 2.05) is 0 Å². The molecule has 1 aromatic heterocycles. The summed E-state index contributed by atoms with van der Waals surface area (Å²) in [5.41, 5.74) is 0.365. The first-order valence-corrected chi connectivity index (χ1v) is 4.30. The van der Waals surface area contributed by atoms with E-state index in [9.17, 15) is 4.79 Å². The summed E-state index contributed by atoms with van der Waals surface area (Å²) >= 11 is 5.53. The molecule has 0 aliphatic heterocycles. The molecule has 0 amide bonds. The predicted molar refractivity (Wildman–Crippen MR) is 43.5 cm³/mol. The SMILES string of the molecule is O=Cc1nc(Cl)oc1C1CCC1. The summed E-state index contributed by atoms with van der Waals surface area (Å²) in [6.45, 7) is 0. The molecule has 2 rings (SSSR count). The third-order valence-electron chi connectivity index (χ3n) is 2.24. The molecule has 1 aliphatic rings. The zero-order valence-electron chi connectivity index (χ0n) is 6.42. The maximum Gasteiger partial charge on any atom is 0.292 e. The molecule has 64 valence electrons. The van der Waals surface area contributed by atoms with Crippen LogP contribution in [0.15, 0.2) is 4.42 Å². The molecule has 4 heteroatoms. The maximum atomic E-state index is 10.5. The first-order valence-electron chi connectivity index (χ1n) is 3.92. The van der Waals surface area contributed by atoms with Crippen LogP contribution in [-0.4, -0.2) is 11.3 Å². The Morgan fingerprint density at radius 1 is 1.58 bits per heavy atom. The molecule has 0 spiro atoms. The van der Waals surface area contributed by atoms with E-state index in [0.717, 1.165) is 12.8 Å². The monoisotopic (exact) mass is 185 g/mol. The molecule has 0 bridgehead atoms. The van der Waals surface area contributed by atoms with Gasteiger partial charge in [-0.2, -0.15) is 4.98 Å². The topological polar surface area (TPSA) is 43.1 Å². The smallest absolute Gasteiger partial charge is 0.292 e. The summed E-state index contributed by atoms with van der Waals surface area (Å²) in [6.07, 6.45) is 4.04.